The standard InChI is InChI=1S/C25H35N3O6S/c1-4-34-22-9-7-21(8-10-22)28(35(30,31)24-18-20(2)6-11-23(24)32-3)19-25(29)26-12-5-13-27-14-16-33-17-15-27/h6-11,18H,4-5,12-17,19H2,1-3H3,(H,26,29). The molecule has 1 fully saturated rings. The lowest BCUT2D eigenvalue weighted by Crippen LogP contribution is -2.42. The molecule has 0 aromatic heterocycles. The van der Waals surface area contributed by atoms with Crippen molar-refractivity contribution in [3.05, 3.63) is 48.0 Å². The zero-order valence-electron chi connectivity index (χ0n) is 20.7. The van der Waals surface area contributed by atoms with E-state index in [0.717, 1.165) is 49.1 Å². The van der Waals surface area contributed by atoms with Crippen LogP contribution in [-0.2, 0) is 19.6 Å². The van der Waals surface area contributed by atoms with Crippen molar-refractivity contribution in [1.82, 2.24) is 10.2 Å². The highest BCUT2D eigenvalue weighted by Crippen LogP contribution is 2.31. The molecule has 1 N–H and O–H groups in total. The molecule has 192 valence electrons. The third-order valence-corrected chi connectivity index (χ3v) is 7.48. The molecule has 3 rings (SSSR count). The lowest BCUT2D eigenvalue weighted by atomic mass is 10.2. The second-order valence-corrected chi connectivity index (χ2v) is 10.1. The van der Waals surface area contributed by atoms with Gasteiger partial charge in [0.1, 0.15) is 22.9 Å². The highest BCUT2D eigenvalue weighted by molar-refractivity contribution is 7.93. The van der Waals surface area contributed by atoms with Gasteiger partial charge in [0.05, 0.1) is 32.6 Å². The normalized spacial score (nSPS) is 14.4. The van der Waals surface area contributed by atoms with E-state index in [4.69, 9.17) is 14.2 Å². The van der Waals surface area contributed by atoms with Crippen LogP contribution in [0.25, 0.3) is 0 Å². The molecule has 2 aromatic rings. The predicted molar refractivity (Wildman–Crippen MR) is 135 cm³/mol. The van der Waals surface area contributed by atoms with Gasteiger partial charge in [-0.25, -0.2) is 8.42 Å². The summed E-state index contributed by atoms with van der Waals surface area (Å²) in [6.45, 7) is 8.35. The Morgan fingerprint density at radius 1 is 1.14 bits per heavy atom. The Hall–Kier alpha value is -2.82. The van der Waals surface area contributed by atoms with Crippen LogP contribution in [0.15, 0.2) is 47.4 Å². The van der Waals surface area contributed by atoms with Crippen LogP contribution < -0.4 is 19.1 Å². The summed E-state index contributed by atoms with van der Waals surface area (Å²) in [5.41, 5.74) is 1.13. The predicted octanol–water partition coefficient (Wildman–Crippen LogP) is 2.44. The number of ether oxygens (including phenoxy) is 3. The Balaban J connectivity index is 1.77. The summed E-state index contributed by atoms with van der Waals surface area (Å²) in [6, 6.07) is 11.6. The van der Waals surface area contributed by atoms with Gasteiger partial charge in [-0.3, -0.25) is 14.0 Å². The number of carbonyl (C=O) groups excluding carboxylic acids is 1. The summed E-state index contributed by atoms with van der Waals surface area (Å²) in [6.07, 6.45) is 0.771. The molecule has 0 aliphatic carbocycles. The Bertz CT molecular complexity index is 1070. The smallest absolute Gasteiger partial charge is 0.268 e. The van der Waals surface area contributed by atoms with Crippen molar-refractivity contribution in [2.24, 2.45) is 0 Å². The van der Waals surface area contributed by atoms with E-state index in [-0.39, 0.29) is 23.1 Å². The van der Waals surface area contributed by atoms with Crippen LogP contribution in [-0.4, -0.2) is 78.9 Å². The van der Waals surface area contributed by atoms with Crippen molar-refractivity contribution in [3.63, 3.8) is 0 Å². The number of hydrogen-bond acceptors (Lipinski definition) is 7. The van der Waals surface area contributed by atoms with E-state index in [1.165, 1.54) is 7.11 Å². The molecule has 10 heteroatoms. The number of nitrogens with zero attached hydrogens (tertiary/aromatic N) is 2. The molecule has 0 unspecified atom stereocenters. The van der Waals surface area contributed by atoms with Gasteiger partial charge in [0, 0.05) is 19.6 Å². The van der Waals surface area contributed by atoms with E-state index in [0.29, 0.717) is 24.6 Å². The van der Waals surface area contributed by atoms with Crippen molar-refractivity contribution in [3.8, 4) is 11.5 Å². The lowest BCUT2D eigenvalue weighted by Gasteiger charge is -2.27. The number of rotatable bonds is 12. The van der Waals surface area contributed by atoms with Gasteiger partial charge in [-0.15, -0.1) is 0 Å². The third kappa shape index (κ3) is 7.33. The van der Waals surface area contributed by atoms with Gasteiger partial charge < -0.3 is 19.5 Å². The molecule has 1 amide bonds. The van der Waals surface area contributed by atoms with Crippen LogP contribution in [0.2, 0.25) is 0 Å². The van der Waals surface area contributed by atoms with Crippen LogP contribution >= 0.6 is 0 Å². The fourth-order valence-corrected chi connectivity index (χ4v) is 5.50. The first kappa shape index (κ1) is 26.8. The van der Waals surface area contributed by atoms with Crippen molar-refractivity contribution >= 4 is 21.6 Å². The van der Waals surface area contributed by atoms with Gasteiger partial charge in [0.2, 0.25) is 5.91 Å². The minimum absolute atomic E-state index is 0.00834. The average Bonchev–Trinajstić information content (AvgIpc) is 2.86. The minimum Gasteiger partial charge on any atom is -0.495 e. The molecular weight excluding hydrogens is 470 g/mol. The summed E-state index contributed by atoms with van der Waals surface area (Å²) in [4.78, 5) is 15.1. The summed E-state index contributed by atoms with van der Waals surface area (Å²) in [5.74, 6) is 0.461. The molecule has 0 atom stereocenters. The molecule has 1 aliphatic heterocycles. The number of hydrogen-bond donors (Lipinski definition) is 1. The summed E-state index contributed by atoms with van der Waals surface area (Å²) in [5, 5.41) is 2.86. The highest BCUT2D eigenvalue weighted by Gasteiger charge is 2.30. The van der Waals surface area contributed by atoms with Crippen LogP contribution in [0, 0.1) is 6.92 Å². The van der Waals surface area contributed by atoms with E-state index in [1.54, 1.807) is 49.4 Å². The first-order valence-electron chi connectivity index (χ1n) is 11.8. The second kappa shape index (κ2) is 12.8. The van der Waals surface area contributed by atoms with Crippen molar-refractivity contribution in [1.29, 1.82) is 0 Å². The van der Waals surface area contributed by atoms with Crippen molar-refractivity contribution < 1.29 is 27.4 Å². The van der Waals surface area contributed by atoms with E-state index >= 15 is 0 Å². The van der Waals surface area contributed by atoms with Crippen LogP contribution in [0.5, 0.6) is 11.5 Å². The molecule has 0 radical (unpaired) electrons. The molecule has 1 saturated heterocycles. The summed E-state index contributed by atoms with van der Waals surface area (Å²) >= 11 is 0. The fourth-order valence-electron chi connectivity index (χ4n) is 3.84. The van der Waals surface area contributed by atoms with Gasteiger partial charge in [-0.2, -0.15) is 0 Å². The number of nitrogens with one attached hydrogen (secondary N) is 1. The first-order valence-corrected chi connectivity index (χ1v) is 13.3. The largest absolute Gasteiger partial charge is 0.495 e. The Morgan fingerprint density at radius 3 is 2.51 bits per heavy atom. The maximum absolute atomic E-state index is 13.8. The number of anilines is 1. The van der Waals surface area contributed by atoms with Crippen LogP contribution in [0.1, 0.15) is 18.9 Å². The number of methoxy groups -OCH3 is 1. The Kier molecular flexibility index (Phi) is 9.76. The first-order chi connectivity index (χ1) is 16.8. The molecule has 35 heavy (non-hydrogen) atoms. The molecule has 2 aromatic carbocycles. The quantitative estimate of drug-likeness (QED) is 0.443. The van der Waals surface area contributed by atoms with Crippen molar-refractivity contribution in [2.75, 3.05) is 64.0 Å². The van der Waals surface area contributed by atoms with E-state index < -0.39 is 10.0 Å². The van der Waals surface area contributed by atoms with Crippen LogP contribution in [0.3, 0.4) is 0 Å². The highest BCUT2D eigenvalue weighted by atomic mass is 32.2. The van der Waals surface area contributed by atoms with Gasteiger partial charge in [0.15, 0.2) is 0 Å². The topological polar surface area (TPSA) is 97.4 Å². The summed E-state index contributed by atoms with van der Waals surface area (Å²) in [7, 11) is -2.68. The third-order valence-electron chi connectivity index (χ3n) is 5.69. The SMILES string of the molecule is CCOc1ccc(N(CC(=O)NCCCN2CCOCC2)S(=O)(=O)c2cc(C)ccc2OC)cc1. The van der Waals surface area contributed by atoms with Gasteiger partial charge in [-0.1, -0.05) is 6.07 Å². The van der Waals surface area contributed by atoms with Gasteiger partial charge in [-0.05, 0) is 68.8 Å². The monoisotopic (exact) mass is 505 g/mol. The number of carbonyl (C=O) groups is 1. The van der Waals surface area contributed by atoms with E-state index in [1.807, 2.05) is 6.92 Å². The Morgan fingerprint density at radius 2 is 1.86 bits per heavy atom. The number of benzene rings is 2. The number of aryl methyl sites for hydroxylation is 1. The molecular formula is C25H35N3O6S. The fraction of sp³-hybridized carbons (Fsp3) is 0.480. The van der Waals surface area contributed by atoms with Crippen molar-refractivity contribution in [2.45, 2.75) is 25.2 Å². The molecule has 1 aliphatic rings. The Labute approximate surface area is 208 Å². The molecule has 9 nitrogen and oxygen atoms in total. The molecule has 1 heterocycles. The van der Waals surface area contributed by atoms with Crippen LogP contribution in [0.4, 0.5) is 5.69 Å². The second-order valence-electron chi connectivity index (χ2n) is 8.25. The zero-order chi connectivity index (χ0) is 25.3. The van der Waals surface area contributed by atoms with E-state index in [9.17, 15) is 13.2 Å². The number of amides is 1. The average molecular weight is 506 g/mol. The van der Waals surface area contributed by atoms with Gasteiger partial charge in [0.25, 0.3) is 10.0 Å². The maximum atomic E-state index is 13.8. The minimum atomic E-state index is -4.10. The lowest BCUT2D eigenvalue weighted by molar-refractivity contribution is -0.119. The molecule has 0 bridgehead atoms. The summed E-state index contributed by atoms with van der Waals surface area (Å²) < 4.78 is 44.8. The molecule has 0 saturated carbocycles. The zero-order valence-corrected chi connectivity index (χ0v) is 21.5. The maximum Gasteiger partial charge on any atom is 0.268 e. The number of morpholine rings is 1. The van der Waals surface area contributed by atoms with Gasteiger partial charge >= 0.3 is 0 Å². The molecule has 0 spiro atoms. The van der Waals surface area contributed by atoms with E-state index in [2.05, 4.69) is 10.2 Å². The number of sulfonamides is 1.